The summed E-state index contributed by atoms with van der Waals surface area (Å²) in [6.07, 6.45) is -1.45. The van der Waals surface area contributed by atoms with E-state index >= 15 is 0 Å². The number of carbonyl (C=O) groups excluding carboxylic acids is 1. The summed E-state index contributed by atoms with van der Waals surface area (Å²) in [6, 6.07) is 17.8. The van der Waals surface area contributed by atoms with Crippen LogP contribution in [-0.2, 0) is 10.9 Å². The monoisotopic (exact) mass is 505 g/mol. The second-order valence-electron chi connectivity index (χ2n) is 7.79. The molecule has 34 heavy (non-hydrogen) atoms. The van der Waals surface area contributed by atoms with Gasteiger partial charge in [-0.2, -0.15) is 13.2 Å². The number of fused-ring (bicyclic) bond motifs is 3. The zero-order valence-corrected chi connectivity index (χ0v) is 19.3. The molecule has 0 fully saturated rings. The summed E-state index contributed by atoms with van der Waals surface area (Å²) in [7, 11) is 0. The number of alkyl carbamates (subject to hydrolysis) is 1. The fourth-order valence-corrected chi connectivity index (χ4v) is 4.63. The zero-order valence-electron chi connectivity index (χ0n) is 17.8. The molecule has 0 radical (unpaired) electrons. The van der Waals surface area contributed by atoms with E-state index in [2.05, 4.69) is 17.4 Å². The number of benzene rings is 3. The third-order valence-electron chi connectivity index (χ3n) is 5.61. The van der Waals surface area contributed by atoms with Crippen molar-refractivity contribution in [1.82, 2.24) is 5.32 Å². The maximum absolute atomic E-state index is 12.8. The van der Waals surface area contributed by atoms with Crippen LogP contribution in [-0.4, -0.2) is 19.2 Å². The highest BCUT2D eigenvalue weighted by Gasteiger charge is 2.32. The van der Waals surface area contributed by atoms with Gasteiger partial charge in [-0.05, 0) is 40.8 Å². The highest BCUT2D eigenvalue weighted by Crippen LogP contribution is 2.44. The summed E-state index contributed by atoms with van der Waals surface area (Å²) >= 11 is 11.9. The highest BCUT2D eigenvalue weighted by atomic mass is 35.5. The van der Waals surface area contributed by atoms with Crippen molar-refractivity contribution in [2.45, 2.75) is 18.5 Å². The molecule has 3 nitrogen and oxygen atoms in total. The van der Waals surface area contributed by atoms with Gasteiger partial charge in [0.2, 0.25) is 0 Å². The largest absolute Gasteiger partial charge is 0.449 e. The van der Waals surface area contributed by atoms with Gasteiger partial charge in [0.05, 0.1) is 5.56 Å². The molecule has 0 saturated carbocycles. The standard InChI is InChI=1S/C26H20Cl2F3NO2/c27-23-13-16(26(29,30)31)14-24(28)21(23)11-5-6-12-32-25(33)34-15-22-19-9-3-1-7-17(19)18-8-2-4-10-20(18)22/h1-5,7-11,13-14,22H,6,12,15H2,(H,32,33). The lowest BCUT2D eigenvalue weighted by atomic mass is 9.98. The number of nitrogens with one attached hydrogen (secondary N) is 1. The van der Waals surface area contributed by atoms with Gasteiger partial charge < -0.3 is 10.1 Å². The van der Waals surface area contributed by atoms with Gasteiger partial charge in [-0.15, -0.1) is 0 Å². The molecule has 176 valence electrons. The Morgan fingerprint density at radius 1 is 0.971 bits per heavy atom. The Morgan fingerprint density at radius 2 is 1.53 bits per heavy atom. The second kappa shape index (κ2) is 10.1. The van der Waals surface area contributed by atoms with Gasteiger partial charge in [0.1, 0.15) is 6.61 Å². The first-order valence-corrected chi connectivity index (χ1v) is 11.3. The van der Waals surface area contributed by atoms with Gasteiger partial charge in [0.25, 0.3) is 0 Å². The average molecular weight is 506 g/mol. The van der Waals surface area contributed by atoms with Gasteiger partial charge in [-0.25, -0.2) is 4.79 Å². The Balaban J connectivity index is 1.29. The summed E-state index contributed by atoms with van der Waals surface area (Å²) in [5, 5.41) is 2.48. The molecule has 1 N–H and O–H groups in total. The Bertz CT molecular complexity index is 1170. The molecule has 1 aliphatic rings. The first kappa shape index (κ1) is 24.2. The van der Waals surface area contributed by atoms with Crippen molar-refractivity contribution >= 4 is 35.4 Å². The molecule has 3 aromatic carbocycles. The van der Waals surface area contributed by atoms with Crippen LogP contribution in [0.15, 0.2) is 66.7 Å². The van der Waals surface area contributed by atoms with E-state index < -0.39 is 17.8 Å². The Kier molecular flexibility index (Phi) is 7.19. The van der Waals surface area contributed by atoms with E-state index in [0.717, 1.165) is 34.4 Å². The van der Waals surface area contributed by atoms with E-state index in [1.54, 1.807) is 6.08 Å². The molecule has 8 heteroatoms. The van der Waals surface area contributed by atoms with Crippen molar-refractivity contribution in [2.24, 2.45) is 0 Å². The molecular weight excluding hydrogens is 486 g/mol. The van der Waals surface area contributed by atoms with Crippen LogP contribution in [0.25, 0.3) is 17.2 Å². The number of halogens is 5. The van der Waals surface area contributed by atoms with Crippen molar-refractivity contribution in [3.8, 4) is 11.1 Å². The van der Waals surface area contributed by atoms with Crippen LogP contribution in [0, 0.1) is 0 Å². The van der Waals surface area contributed by atoms with Crippen LogP contribution in [0.5, 0.6) is 0 Å². The minimum Gasteiger partial charge on any atom is -0.449 e. The number of hydrogen-bond acceptors (Lipinski definition) is 2. The first-order chi connectivity index (χ1) is 16.3. The highest BCUT2D eigenvalue weighted by molar-refractivity contribution is 6.37. The SMILES string of the molecule is O=C(NCCC=Cc1c(Cl)cc(C(F)(F)F)cc1Cl)OCC1c2ccccc2-c2ccccc21. The molecule has 0 atom stereocenters. The lowest BCUT2D eigenvalue weighted by molar-refractivity contribution is -0.137. The molecule has 1 aliphatic carbocycles. The number of ether oxygens (including phenoxy) is 1. The van der Waals surface area contributed by atoms with Crippen LogP contribution in [0.4, 0.5) is 18.0 Å². The summed E-state index contributed by atoms with van der Waals surface area (Å²) in [6.45, 7) is 0.496. The summed E-state index contributed by atoms with van der Waals surface area (Å²) < 4.78 is 43.9. The number of alkyl halides is 3. The molecule has 0 aromatic heterocycles. The minimum absolute atomic E-state index is 0.0259. The Morgan fingerprint density at radius 3 is 2.09 bits per heavy atom. The number of rotatable bonds is 6. The average Bonchev–Trinajstić information content (AvgIpc) is 3.12. The normalized spacial score (nSPS) is 13.1. The van der Waals surface area contributed by atoms with Gasteiger partial charge in [0.15, 0.2) is 0 Å². The number of carbonyl (C=O) groups is 1. The van der Waals surface area contributed by atoms with Crippen molar-refractivity contribution < 1.29 is 22.7 Å². The smallest absolute Gasteiger partial charge is 0.416 e. The first-order valence-electron chi connectivity index (χ1n) is 10.6. The quantitative estimate of drug-likeness (QED) is 0.345. The lowest BCUT2D eigenvalue weighted by Crippen LogP contribution is -2.26. The Hall–Kier alpha value is -2.96. The topological polar surface area (TPSA) is 38.3 Å². The van der Waals surface area contributed by atoms with E-state index in [1.807, 2.05) is 36.4 Å². The third kappa shape index (κ3) is 5.24. The van der Waals surface area contributed by atoms with E-state index in [4.69, 9.17) is 27.9 Å². The van der Waals surface area contributed by atoms with E-state index in [1.165, 1.54) is 6.08 Å². The number of hydrogen-bond donors (Lipinski definition) is 1. The maximum atomic E-state index is 12.8. The zero-order chi connectivity index (χ0) is 24.3. The van der Waals surface area contributed by atoms with Crippen molar-refractivity contribution in [2.75, 3.05) is 13.2 Å². The molecule has 0 aliphatic heterocycles. The lowest BCUT2D eigenvalue weighted by Gasteiger charge is -2.14. The fraction of sp³-hybridized carbons (Fsp3) is 0.192. The molecule has 1 amide bonds. The van der Waals surface area contributed by atoms with Gasteiger partial charge in [-0.1, -0.05) is 83.9 Å². The van der Waals surface area contributed by atoms with E-state index in [-0.39, 0.29) is 34.7 Å². The summed E-state index contributed by atoms with van der Waals surface area (Å²) in [5.41, 5.74) is 3.94. The van der Waals surface area contributed by atoms with Crippen LogP contribution in [0.3, 0.4) is 0 Å². The molecule has 4 rings (SSSR count). The summed E-state index contributed by atoms with van der Waals surface area (Å²) in [4.78, 5) is 12.2. The predicted octanol–water partition coefficient (Wildman–Crippen LogP) is 7.95. The van der Waals surface area contributed by atoms with Gasteiger partial charge in [0, 0.05) is 28.1 Å². The van der Waals surface area contributed by atoms with Crippen molar-refractivity contribution in [1.29, 1.82) is 0 Å². The molecule has 0 bridgehead atoms. The van der Waals surface area contributed by atoms with Gasteiger partial charge in [-0.3, -0.25) is 0 Å². The summed E-state index contributed by atoms with van der Waals surface area (Å²) in [5.74, 6) is -0.0259. The van der Waals surface area contributed by atoms with Crippen molar-refractivity contribution in [3.05, 3.63) is 99.0 Å². The van der Waals surface area contributed by atoms with Gasteiger partial charge >= 0.3 is 12.3 Å². The number of amides is 1. The van der Waals surface area contributed by atoms with Crippen LogP contribution >= 0.6 is 23.2 Å². The molecule has 0 saturated heterocycles. The molecule has 0 unspecified atom stereocenters. The fourth-order valence-electron chi connectivity index (χ4n) is 4.02. The van der Waals surface area contributed by atoms with E-state index in [0.29, 0.717) is 6.42 Å². The molecule has 0 spiro atoms. The predicted molar refractivity (Wildman–Crippen MR) is 128 cm³/mol. The van der Waals surface area contributed by atoms with E-state index in [9.17, 15) is 18.0 Å². The molecular formula is C26H20Cl2F3NO2. The molecule has 3 aromatic rings. The minimum atomic E-state index is -4.53. The van der Waals surface area contributed by atoms with Crippen LogP contribution in [0.1, 0.15) is 34.6 Å². The third-order valence-corrected chi connectivity index (χ3v) is 6.24. The van der Waals surface area contributed by atoms with Crippen LogP contribution in [0.2, 0.25) is 10.0 Å². The Labute approximate surface area is 205 Å². The second-order valence-corrected chi connectivity index (χ2v) is 8.61. The maximum Gasteiger partial charge on any atom is 0.416 e. The van der Waals surface area contributed by atoms with Crippen molar-refractivity contribution in [3.63, 3.8) is 0 Å². The van der Waals surface area contributed by atoms with Crippen LogP contribution < -0.4 is 5.32 Å². The molecule has 0 heterocycles.